The topological polar surface area (TPSA) is 138 Å². The molecule has 0 aromatic rings. The molecule has 1 saturated carbocycles. The lowest BCUT2D eigenvalue weighted by Crippen LogP contribution is -2.62. The van der Waals surface area contributed by atoms with Crippen LogP contribution in [-0.2, 0) is 18.9 Å². The second kappa shape index (κ2) is 7.57. The van der Waals surface area contributed by atoms with Crippen molar-refractivity contribution in [2.75, 3.05) is 20.3 Å². The highest BCUT2D eigenvalue weighted by atomic mass is 16.7. The summed E-state index contributed by atoms with van der Waals surface area (Å²) in [6.45, 7) is 3.51. The van der Waals surface area contributed by atoms with Gasteiger partial charge in [-0.2, -0.15) is 0 Å². The molecule has 0 bridgehead atoms. The van der Waals surface area contributed by atoms with Gasteiger partial charge in [0, 0.05) is 18.9 Å². The highest BCUT2D eigenvalue weighted by Gasteiger charge is 2.59. The van der Waals surface area contributed by atoms with Gasteiger partial charge >= 0.3 is 0 Å². The van der Waals surface area contributed by atoms with Gasteiger partial charge in [0.05, 0.1) is 24.9 Å². The first kappa shape index (κ1) is 20.4. The van der Waals surface area contributed by atoms with E-state index in [1.165, 1.54) is 0 Å². The van der Waals surface area contributed by atoms with E-state index < -0.39 is 49.0 Å². The van der Waals surface area contributed by atoms with E-state index in [-0.39, 0.29) is 24.0 Å². The normalized spacial score (nSPS) is 54.9. The number of fused-ring (bicyclic) bond motifs is 1. The smallest absolute Gasteiger partial charge is 0.187 e. The Hall–Kier alpha value is -0.360. The maximum Gasteiger partial charge on any atom is 0.187 e. The number of hydrogen-bond acceptors (Lipinski definition) is 9. The first-order valence-electron chi connectivity index (χ1n) is 9.05. The number of methoxy groups -OCH3 is 1. The first-order chi connectivity index (χ1) is 12.2. The number of hydrogen-bond donors (Lipinski definition) is 5. The predicted octanol–water partition coefficient (Wildman–Crippen LogP) is -1.80. The molecule has 9 nitrogen and oxygen atoms in total. The summed E-state index contributed by atoms with van der Waals surface area (Å²) in [6.07, 6.45) is -7.53. The van der Waals surface area contributed by atoms with Crippen LogP contribution in [0.4, 0.5) is 0 Å². The Morgan fingerprint density at radius 3 is 2.38 bits per heavy atom. The van der Waals surface area contributed by atoms with Gasteiger partial charge in [0.1, 0.15) is 24.4 Å². The van der Waals surface area contributed by atoms with Crippen LogP contribution in [0.1, 0.15) is 20.3 Å². The molecule has 2 saturated heterocycles. The Morgan fingerprint density at radius 1 is 1.08 bits per heavy atom. The number of rotatable bonds is 4. The van der Waals surface area contributed by atoms with Gasteiger partial charge in [-0.3, -0.25) is 0 Å². The van der Waals surface area contributed by atoms with E-state index in [9.17, 15) is 25.5 Å². The fourth-order valence-electron chi connectivity index (χ4n) is 4.61. The summed E-state index contributed by atoms with van der Waals surface area (Å²) in [5, 5.41) is 50.1. The predicted molar refractivity (Wildman–Crippen MR) is 86.8 cm³/mol. The molecule has 3 aliphatic rings. The van der Waals surface area contributed by atoms with Crippen molar-refractivity contribution in [2.45, 2.75) is 69.0 Å². The highest BCUT2D eigenvalue weighted by molar-refractivity contribution is 5.06. The maximum atomic E-state index is 10.7. The Balaban J connectivity index is 1.78. The summed E-state index contributed by atoms with van der Waals surface area (Å²) in [5.41, 5.74) is -1.08. The van der Waals surface area contributed by atoms with E-state index in [4.69, 9.17) is 18.9 Å². The van der Waals surface area contributed by atoms with Crippen molar-refractivity contribution in [3.05, 3.63) is 0 Å². The zero-order chi connectivity index (χ0) is 19.2. The van der Waals surface area contributed by atoms with Gasteiger partial charge in [-0.15, -0.1) is 0 Å². The van der Waals surface area contributed by atoms with Crippen molar-refractivity contribution >= 4 is 0 Å². The van der Waals surface area contributed by atoms with E-state index in [1.807, 2.05) is 6.92 Å². The summed E-state index contributed by atoms with van der Waals surface area (Å²) in [6, 6.07) is 0. The fraction of sp³-hybridized carbons (Fsp3) is 1.00. The molecule has 9 heteroatoms. The number of aliphatic hydroxyl groups is 5. The van der Waals surface area contributed by atoms with Gasteiger partial charge in [0.25, 0.3) is 0 Å². The SMILES string of the molecule is CO[C@@H]1OCC2C(C[C@@H](O)[C@@]2(C)O[C@@H]2O[C@H](CO)[C@@H](O)[C@H](O)[C@H]2O)[C@H]1C. The molecule has 26 heavy (non-hydrogen) atoms. The van der Waals surface area contributed by atoms with E-state index in [1.54, 1.807) is 14.0 Å². The van der Waals surface area contributed by atoms with Gasteiger partial charge in [-0.1, -0.05) is 6.92 Å². The average Bonchev–Trinajstić information content (AvgIpc) is 2.88. The Morgan fingerprint density at radius 2 is 1.77 bits per heavy atom. The summed E-state index contributed by atoms with van der Waals surface area (Å²) in [4.78, 5) is 0. The number of ether oxygens (including phenoxy) is 4. The largest absolute Gasteiger partial charge is 0.394 e. The third-order valence-electron chi connectivity index (χ3n) is 6.41. The molecular weight excluding hydrogens is 348 g/mol. The summed E-state index contributed by atoms with van der Waals surface area (Å²) in [7, 11) is 1.58. The molecule has 0 aromatic heterocycles. The zero-order valence-electron chi connectivity index (χ0n) is 15.3. The van der Waals surface area contributed by atoms with Gasteiger partial charge in [0.2, 0.25) is 0 Å². The third kappa shape index (κ3) is 3.19. The molecule has 0 spiro atoms. The standard InChI is InChI=1S/C17H30O9/c1-7-8-4-11(19)17(2,9(8)6-24-15(7)23-3)26-16-14(22)13(21)12(20)10(5-18)25-16/h7-16,18-22H,4-6H2,1-3H3/t7-,8?,9?,10-,11-,12-,13+,14-,15-,16+,17+/m1/s1. The Labute approximate surface area is 152 Å². The van der Waals surface area contributed by atoms with E-state index >= 15 is 0 Å². The molecule has 0 aromatic carbocycles. The van der Waals surface area contributed by atoms with Crippen molar-refractivity contribution < 1.29 is 44.5 Å². The van der Waals surface area contributed by atoms with Crippen LogP contribution in [0.25, 0.3) is 0 Å². The van der Waals surface area contributed by atoms with Crippen LogP contribution >= 0.6 is 0 Å². The van der Waals surface area contributed by atoms with Crippen LogP contribution in [-0.4, -0.2) is 94.6 Å². The average molecular weight is 378 g/mol. The molecule has 11 atom stereocenters. The Bertz CT molecular complexity index is 489. The van der Waals surface area contributed by atoms with E-state index in [0.717, 1.165) is 0 Å². The number of aliphatic hydroxyl groups excluding tert-OH is 5. The van der Waals surface area contributed by atoms with Crippen LogP contribution in [0, 0.1) is 17.8 Å². The molecule has 152 valence electrons. The van der Waals surface area contributed by atoms with Crippen molar-refractivity contribution in [2.24, 2.45) is 17.8 Å². The van der Waals surface area contributed by atoms with Gasteiger partial charge < -0.3 is 44.5 Å². The lowest BCUT2D eigenvalue weighted by Gasteiger charge is -2.47. The monoisotopic (exact) mass is 378 g/mol. The van der Waals surface area contributed by atoms with Gasteiger partial charge in [-0.05, 0) is 19.3 Å². The van der Waals surface area contributed by atoms with Crippen molar-refractivity contribution in [3.63, 3.8) is 0 Å². The molecule has 2 heterocycles. The molecule has 0 amide bonds. The molecule has 2 unspecified atom stereocenters. The first-order valence-corrected chi connectivity index (χ1v) is 9.05. The van der Waals surface area contributed by atoms with E-state index in [0.29, 0.717) is 13.0 Å². The lowest BCUT2D eigenvalue weighted by molar-refractivity contribution is -0.341. The van der Waals surface area contributed by atoms with Crippen molar-refractivity contribution in [1.82, 2.24) is 0 Å². The summed E-state index contributed by atoms with van der Waals surface area (Å²) in [5.74, 6) is -0.0153. The van der Waals surface area contributed by atoms with Crippen LogP contribution in [0.3, 0.4) is 0 Å². The van der Waals surface area contributed by atoms with Crippen LogP contribution in [0.2, 0.25) is 0 Å². The molecule has 1 aliphatic carbocycles. The highest BCUT2D eigenvalue weighted by Crippen LogP contribution is 2.50. The Kier molecular flexibility index (Phi) is 5.94. The molecule has 0 radical (unpaired) electrons. The third-order valence-corrected chi connectivity index (χ3v) is 6.41. The van der Waals surface area contributed by atoms with Gasteiger partial charge in [0.15, 0.2) is 12.6 Å². The molecule has 3 fully saturated rings. The van der Waals surface area contributed by atoms with Crippen molar-refractivity contribution in [1.29, 1.82) is 0 Å². The second-order valence-corrected chi connectivity index (χ2v) is 7.82. The minimum atomic E-state index is -1.52. The van der Waals surface area contributed by atoms with E-state index in [2.05, 4.69) is 0 Å². The molecule has 5 N–H and O–H groups in total. The molecular formula is C17H30O9. The van der Waals surface area contributed by atoms with Gasteiger partial charge in [-0.25, -0.2) is 0 Å². The van der Waals surface area contributed by atoms with Crippen LogP contribution in [0.15, 0.2) is 0 Å². The fourth-order valence-corrected chi connectivity index (χ4v) is 4.61. The second-order valence-electron chi connectivity index (χ2n) is 7.82. The van der Waals surface area contributed by atoms with Crippen molar-refractivity contribution in [3.8, 4) is 0 Å². The minimum absolute atomic E-state index is 0.0497. The van der Waals surface area contributed by atoms with Crippen LogP contribution in [0.5, 0.6) is 0 Å². The summed E-state index contributed by atoms with van der Waals surface area (Å²) < 4.78 is 22.5. The maximum absolute atomic E-state index is 10.7. The summed E-state index contributed by atoms with van der Waals surface area (Å²) >= 11 is 0. The quantitative estimate of drug-likeness (QED) is 0.383. The lowest BCUT2D eigenvalue weighted by atomic mass is 9.78. The molecule has 2 aliphatic heterocycles. The minimum Gasteiger partial charge on any atom is -0.394 e. The molecule has 3 rings (SSSR count). The van der Waals surface area contributed by atoms with Crippen LogP contribution < -0.4 is 0 Å². The zero-order valence-corrected chi connectivity index (χ0v) is 15.3.